The van der Waals surface area contributed by atoms with Crippen LogP contribution in [0.1, 0.15) is 11.1 Å². The van der Waals surface area contributed by atoms with Crippen LogP contribution in [0.25, 0.3) is 0 Å². The van der Waals surface area contributed by atoms with Gasteiger partial charge in [-0.3, -0.25) is 5.10 Å². The second kappa shape index (κ2) is 7.11. The molecule has 0 fully saturated rings. The number of hydrogen-bond donors (Lipinski definition) is 2. The zero-order valence-electron chi connectivity index (χ0n) is 13.0. The van der Waals surface area contributed by atoms with Crippen molar-refractivity contribution in [1.82, 2.24) is 10.2 Å². The summed E-state index contributed by atoms with van der Waals surface area (Å²) >= 11 is 0. The van der Waals surface area contributed by atoms with E-state index in [4.69, 9.17) is 4.74 Å². The lowest BCUT2D eigenvalue weighted by atomic mass is 10.2. The predicted molar refractivity (Wildman–Crippen MR) is 93.3 cm³/mol. The number of methoxy groups -OCH3 is 1. The van der Waals surface area contributed by atoms with E-state index in [9.17, 15) is 5.26 Å². The number of aromatic amines is 1. The number of rotatable bonds is 5. The van der Waals surface area contributed by atoms with Crippen LogP contribution in [-0.2, 0) is 0 Å². The fourth-order valence-corrected chi connectivity index (χ4v) is 2.11. The van der Waals surface area contributed by atoms with Crippen LogP contribution in [0.5, 0.6) is 5.75 Å². The Bertz CT molecular complexity index is 876. The van der Waals surface area contributed by atoms with Gasteiger partial charge >= 0.3 is 0 Å². The van der Waals surface area contributed by atoms with E-state index in [1.807, 2.05) is 54.6 Å². The lowest BCUT2D eigenvalue weighted by Gasteiger charge is -2.02. The Morgan fingerprint density at radius 3 is 2.58 bits per heavy atom. The highest BCUT2D eigenvalue weighted by molar-refractivity contribution is 5.83. The number of ether oxygens (including phenoxy) is 1. The zero-order chi connectivity index (χ0) is 16.8. The van der Waals surface area contributed by atoms with E-state index in [2.05, 4.69) is 26.6 Å². The van der Waals surface area contributed by atoms with Crippen molar-refractivity contribution in [1.29, 1.82) is 5.26 Å². The summed E-state index contributed by atoms with van der Waals surface area (Å²) in [4.78, 5) is 4.29. The molecule has 6 heteroatoms. The molecule has 6 nitrogen and oxygen atoms in total. The predicted octanol–water partition coefficient (Wildman–Crippen LogP) is 3.78. The second-order valence-corrected chi connectivity index (χ2v) is 4.93. The van der Waals surface area contributed by atoms with E-state index in [1.165, 1.54) is 0 Å². The van der Waals surface area contributed by atoms with Crippen molar-refractivity contribution in [3.05, 3.63) is 65.7 Å². The molecule has 3 rings (SSSR count). The Balaban J connectivity index is 1.81. The van der Waals surface area contributed by atoms with Gasteiger partial charge in [-0.1, -0.05) is 18.2 Å². The van der Waals surface area contributed by atoms with Crippen molar-refractivity contribution in [3.63, 3.8) is 0 Å². The van der Waals surface area contributed by atoms with Crippen LogP contribution in [0.2, 0.25) is 0 Å². The molecule has 0 saturated heterocycles. The lowest BCUT2D eigenvalue weighted by Crippen LogP contribution is -1.92. The monoisotopic (exact) mass is 317 g/mol. The van der Waals surface area contributed by atoms with Crippen LogP contribution >= 0.6 is 0 Å². The SMILES string of the molecule is COc1ccc(C=Nc2n[nH]c(Nc3ccccc3)c2C#N)cc1. The maximum absolute atomic E-state index is 9.39. The number of hydrogen-bond acceptors (Lipinski definition) is 5. The Kier molecular flexibility index (Phi) is 4.54. The molecule has 1 aromatic heterocycles. The van der Waals surface area contributed by atoms with Gasteiger partial charge in [-0.15, -0.1) is 0 Å². The quantitative estimate of drug-likeness (QED) is 0.701. The average Bonchev–Trinajstić information content (AvgIpc) is 3.02. The number of nitrogens with one attached hydrogen (secondary N) is 2. The van der Waals surface area contributed by atoms with E-state index in [-0.39, 0.29) is 0 Å². The molecule has 0 aliphatic heterocycles. The third kappa shape index (κ3) is 3.42. The van der Waals surface area contributed by atoms with E-state index in [0.29, 0.717) is 17.2 Å². The number of para-hydroxylation sites is 1. The third-order valence-corrected chi connectivity index (χ3v) is 3.35. The molecule has 3 aromatic rings. The molecular formula is C18H15N5O. The first-order chi connectivity index (χ1) is 11.8. The maximum Gasteiger partial charge on any atom is 0.193 e. The molecule has 0 aliphatic rings. The average molecular weight is 317 g/mol. The smallest absolute Gasteiger partial charge is 0.193 e. The molecule has 0 aliphatic carbocycles. The molecule has 0 saturated carbocycles. The summed E-state index contributed by atoms with van der Waals surface area (Å²) in [6.45, 7) is 0. The van der Waals surface area contributed by atoms with Crippen LogP contribution in [0.4, 0.5) is 17.3 Å². The number of benzene rings is 2. The molecule has 0 radical (unpaired) electrons. The topological polar surface area (TPSA) is 86.1 Å². The standard InChI is InChI=1S/C18H15N5O/c1-24-15-9-7-13(8-10-15)12-20-17-16(11-19)18(23-22-17)21-14-5-3-2-4-6-14/h2-10,12H,1H3,(H2,21,22,23). The van der Waals surface area contributed by atoms with Crippen LogP contribution in [0.15, 0.2) is 59.6 Å². The van der Waals surface area contributed by atoms with Gasteiger partial charge in [0.25, 0.3) is 0 Å². The van der Waals surface area contributed by atoms with E-state index >= 15 is 0 Å². The van der Waals surface area contributed by atoms with Crippen LogP contribution in [0, 0.1) is 11.3 Å². The molecule has 118 valence electrons. The van der Waals surface area contributed by atoms with Gasteiger partial charge < -0.3 is 10.1 Å². The summed E-state index contributed by atoms with van der Waals surface area (Å²) < 4.78 is 5.12. The summed E-state index contributed by atoms with van der Waals surface area (Å²) in [6.07, 6.45) is 1.66. The molecule has 2 aromatic carbocycles. The number of aromatic nitrogens is 2. The number of aliphatic imine (C=N–C) groups is 1. The molecule has 0 amide bonds. The van der Waals surface area contributed by atoms with Crippen molar-refractivity contribution in [2.24, 2.45) is 4.99 Å². The highest BCUT2D eigenvalue weighted by Gasteiger charge is 2.12. The van der Waals surface area contributed by atoms with Gasteiger partial charge in [-0.25, -0.2) is 4.99 Å². The van der Waals surface area contributed by atoms with Crippen LogP contribution in [0.3, 0.4) is 0 Å². The summed E-state index contributed by atoms with van der Waals surface area (Å²) in [5.74, 6) is 1.64. The Morgan fingerprint density at radius 1 is 1.17 bits per heavy atom. The van der Waals surface area contributed by atoms with Gasteiger partial charge in [0.05, 0.1) is 7.11 Å². The summed E-state index contributed by atoms with van der Waals surface area (Å²) in [7, 11) is 1.62. The van der Waals surface area contributed by atoms with Gasteiger partial charge in [0, 0.05) is 11.9 Å². The summed E-state index contributed by atoms with van der Waals surface area (Å²) in [5, 5.41) is 19.4. The number of H-pyrrole nitrogens is 1. The highest BCUT2D eigenvalue weighted by Crippen LogP contribution is 2.25. The second-order valence-electron chi connectivity index (χ2n) is 4.93. The van der Waals surface area contributed by atoms with Gasteiger partial charge in [-0.05, 0) is 42.0 Å². The number of anilines is 2. The normalized spacial score (nSPS) is 10.5. The minimum absolute atomic E-state index is 0.340. The molecule has 0 atom stereocenters. The Labute approximate surface area is 139 Å². The van der Waals surface area contributed by atoms with Gasteiger partial charge in [0.15, 0.2) is 5.82 Å². The van der Waals surface area contributed by atoms with Crippen molar-refractivity contribution < 1.29 is 4.74 Å². The van der Waals surface area contributed by atoms with Gasteiger partial charge in [-0.2, -0.15) is 10.4 Å². The van der Waals surface area contributed by atoms with Crippen LogP contribution in [-0.4, -0.2) is 23.5 Å². The minimum atomic E-state index is 0.340. The molecule has 2 N–H and O–H groups in total. The van der Waals surface area contributed by atoms with Gasteiger partial charge in [0.2, 0.25) is 0 Å². The first kappa shape index (κ1) is 15.3. The first-order valence-electron chi connectivity index (χ1n) is 7.29. The molecule has 24 heavy (non-hydrogen) atoms. The Morgan fingerprint density at radius 2 is 1.92 bits per heavy atom. The van der Waals surface area contributed by atoms with Crippen molar-refractivity contribution in [2.75, 3.05) is 12.4 Å². The minimum Gasteiger partial charge on any atom is -0.497 e. The summed E-state index contributed by atoms with van der Waals surface area (Å²) in [5.41, 5.74) is 2.12. The molecule has 0 bridgehead atoms. The van der Waals surface area contributed by atoms with E-state index in [1.54, 1.807) is 13.3 Å². The largest absolute Gasteiger partial charge is 0.497 e. The van der Waals surface area contributed by atoms with Crippen molar-refractivity contribution in [3.8, 4) is 11.8 Å². The number of nitrogens with zero attached hydrogens (tertiary/aromatic N) is 3. The van der Waals surface area contributed by atoms with Crippen molar-refractivity contribution in [2.45, 2.75) is 0 Å². The fraction of sp³-hybridized carbons (Fsp3) is 0.0556. The molecule has 0 spiro atoms. The highest BCUT2D eigenvalue weighted by atomic mass is 16.5. The Hall–Kier alpha value is -3.59. The van der Waals surface area contributed by atoms with Gasteiger partial charge in [0.1, 0.15) is 23.2 Å². The summed E-state index contributed by atoms with van der Waals surface area (Å²) in [6, 6.07) is 19.1. The molecular weight excluding hydrogens is 302 g/mol. The van der Waals surface area contributed by atoms with E-state index in [0.717, 1.165) is 17.0 Å². The molecule has 0 unspecified atom stereocenters. The zero-order valence-corrected chi connectivity index (χ0v) is 13.0. The van der Waals surface area contributed by atoms with E-state index < -0.39 is 0 Å². The first-order valence-corrected chi connectivity index (χ1v) is 7.29. The lowest BCUT2D eigenvalue weighted by molar-refractivity contribution is 0.415. The van der Waals surface area contributed by atoms with Crippen LogP contribution < -0.4 is 10.1 Å². The maximum atomic E-state index is 9.39. The molecule has 1 heterocycles. The fourth-order valence-electron chi connectivity index (χ4n) is 2.11. The third-order valence-electron chi connectivity index (χ3n) is 3.35. The number of nitriles is 1. The van der Waals surface area contributed by atoms with Crippen molar-refractivity contribution >= 4 is 23.5 Å².